The molecule has 1 N–H and O–H groups in total. The van der Waals surface area contributed by atoms with Gasteiger partial charge in [-0.05, 0) is 18.4 Å². The molecule has 0 spiro atoms. The van der Waals surface area contributed by atoms with Crippen molar-refractivity contribution in [3.05, 3.63) is 63.6 Å². The number of hydrogen-bond acceptors (Lipinski definition) is 3. The van der Waals surface area contributed by atoms with Gasteiger partial charge in [0, 0.05) is 32.8 Å². The van der Waals surface area contributed by atoms with Gasteiger partial charge < -0.3 is 9.72 Å². The smallest absolute Gasteiger partial charge is 0.340 e. The van der Waals surface area contributed by atoms with Gasteiger partial charge in [-0.15, -0.1) is 0 Å². The summed E-state index contributed by atoms with van der Waals surface area (Å²) in [6.07, 6.45) is 0. The summed E-state index contributed by atoms with van der Waals surface area (Å²) in [5.74, 6) is -0.436. The summed E-state index contributed by atoms with van der Waals surface area (Å²) in [5, 5.41) is 2.40. The molecule has 2 aromatic carbocycles. The molecule has 0 atom stereocenters. The van der Waals surface area contributed by atoms with E-state index < -0.39 is 5.97 Å². The number of rotatable bonds is 2. The van der Waals surface area contributed by atoms with E-state index in [0.29, 0.717) is 21.7 Å². The highest BCUT2D eigenvalue weighted by Gasteiger charge is 2.24. The van der Waals surface area contributed by atoms with Crippen LogP contribution in [0.4, 0.5) is 0 Å². The summed E-state index contributed by atoms with van der Waals surface area (Å²) in [5.41, 5.74) is 2.60. The van der Waals surface area contributed by atoms with Crippen molar-refractivity contribution in [3.63, 3.8) is 0 Å². The molecule has 0 unspecified atom stereocenters. The predicted octanol–water partition coefficient (Wildman–Crippen LogP) is 3.09. The van der Waals surface area contributed by atoms with Crippen LogP contribution < -0.4 is 10.8 Å². The fourth-order valence-corrected chi connectivity index (χ4v) is 3.36. The Bertz CT molecular complexity index is 1170. The van der Waals surface area contributed by atoms with Crippen molar-refractivity contribution in [2.75, 3.05) is 6.61 Å². The molecular formula is C20H15NO3. The number of esters is 1. The van der Waals surface area contributed by atoms with Gasteiger partial charge >= 0.3 is 5.97 Å². The quantitative estimate of drug-likeness (QED) is 0.351. The zero-order chi connectivity index (χ0) is 16.8. The van der Waals surface area contributed by atoms with E-state index in [1.54, 1.807) is 19.1 Å². The number of nitrogens with one attached hydrogen (secondary N) is 1. The number of pyridine rings is 1. The van der Waals surface area contributed by atoms with Crippen LogP contribution >= 0.6 is 0 Å². The van der Waals surface area contributed by atoms with Gasteiger partial charge in [0.15, 0.2) is 5.43 Å². The first-order chi connectivity index (χ1) is 11.6. The lowest BCUT2D eigenvalue weighted by atomic mass is 9.88. The molecule has 2 aliphatic rings. The number of ether oxygens (including phenoxy) is 1. The normalized spacial score (nSPS) is 11.4. The molecule has 0 radical (unpaired) electrons. The molecule has 1 aliphatic heterocycles. The maximum Gasteiger partial charge on any atom is 0.340 e. The topological polar surface area (TPSA) is 59.2 Å². The van der Waals surface area contributed by atoms with Crippen molar-refractivity contribution in [1.82, 2.24) is 4.98 Å². The van der Waals surface area contributed by atoms with Crippen LogP contribution in [0.15, 0.2) is 47.3 Å². The first-order valence-electron chi connectivity index (χ1n) is 7.78. The minimum atomic E-state index is -0.436. The van der Waals surface area contributed by atoms with Crippen LogP contribution in [0.1, 0.15) is 17.3 Å². The van der Waals surface area contributed by atoms with Gasteiger partial charge in [0.05, 0.1) is 12.2 Å². The summed E-state index contributed by atoms with van der Waals surface area (Å²) in [7, 11) is 0. The Morgan fingerprint density at radius 3 is 2.50 bits per heavy atom. The van der Waals surface area contributed by atoms with Crippen LogP contribution in [0.2, 0.25) is 0 Å². The van der Waals surface area contributed by atoms with Crippen LogP contribution in [-0.2, 0) is 4.74 Å². The summed E-state index contributed by atoms with van der Waals surface area (Å²) in [6, 6.07) is 12.8. The Balaban J connectivity index is 2.34. The highest BCUT2D eigenvalue weighted by molar-refractivity contribution is 6.16. The zero-order valence-corrected chi connectivity index (χ0v) is 13.2. The number of hydrogen-bond donors (Lipinski definition) is 1. The van der Waals surface area contributed by atoms with Crippen LogP contribution in [0, 0.1) is 0 Å². The van der Waals surface area contributed by atoms with Gasteiger partial charge in [-0.2, -0.15) is 0 Å². The van der Waals surface area contributed by atoms with Gasteiger partial charge in [-0.25, -0.2) is 4.79 Å². The molecular weight excluding hydrogens is 302 g/mol. The van der Waals surface area contributed by atoms with Crippen LogP contribution in [0.3, 0.4) is 0 Å². The molecule has 1 aliphatic carbocycles. The van der Waals surface area contributed by atoms with Crippen LogP contribution in [-0.4, -0.2) is 17.6 Å². The fraction of sp³-hybridized carbons (Fsp3) is 0.100. The van der Waals surface area contributed by atoms with Crippen molar-refractivity contribution < 1.29 is 9.53 Å². The molecule has 118 valence electrons. The number of benzene rings is 3. The van der Waals surface area contributed by atoms with E-state index in [2.05, 4.69) is 11.6 Å². The second-order valence-corrected chi connectivity index (χ2v) is 5.68. The first kappa shape index (κ1) is 14.5. The Hall–Kier alpha value is -3.14. The highest BCUT2D eigenvalue weighted by Crippen LogP contribution is 2.36. The highest BCUT2D eigenvalue weighted by atomic mass is 16.5. The van der Waals surface area contributed by atoms with Crippen molar-refractivity contribution in [2.45, 2.75) is 6.92 Å². The first-order valence-corrected chi connectivity index (χ1v) is 7.78. The van der Waals surface area contributed by atoms with Crippen LogP contribution in [0.25, 0.3) is 39.4 Å². The number of H-pyrrole nitrogens is 1. The molecule has 0 saturated heterocycles. The van der Waals surface area contributed by atoms with Gasteiger partial charge in [0.25, 0.3) is 0 Å². The second kappa shape index (κ2) is 5.20. The fourth-order valence-electron chi connectivity index (χ4n) is 3.36. The van der Waals surface area contributed by atoms with Gasteiger partial charge in [0.2, 0.25) is 0 Å². The van der Waals surface area contributed by atoms with Gasteiger partial charge in [-0.3, -0.25) is 4.79 Å². The maximum absolute atomic E-state index is 12.8. The molecule has 1 heterocycles. The average molecular weight is 317 g/mol. The van der Waals surface area contributed by atoms with Crippen molar-refractivity contribution in [1.29, 1.82) is 0 Å². The molecule has 2 aromatic rings. The summed E-state index contributed by atoms with van der Waals surface area (Å²) < 4.78 is 5.22. The second-order valence-electron chi connectivity index (χ2n) is 5.68. The van der Waals surface area contributed by atoms with Gasteiger partial charge in [-0.1, -0.05) is 43.0 Å². The lowest BCUT2D eigenvalue weighted by molar-refractivity contribution is 0.0525. The zero-order valence-electron chi connectivity index (χ0n) is 13.2. The Labute approximate surface area is 137 Å². The number of aromatic amines is 1. The Morgan fingerprint density at radius 1 is 1.04 bits per heavy atom. The van der Waals surface area contributed by atoms with E-state index in [4.69, 9.17) is 4.74 Å². The summed E-state index contributed by atoms with van der Waals surface area (Å²) in [4.78, 5) is 28.5. The van der Waals surface area contributed by atoms with E-state index in [0.717, 1.165) is 22.0 Å². The van der Waals surface area contributed by atoms with E-state index in [-0.39, 0.29) is 12.0 Å². The summed E-state index contributed by atoms with van der Waals surface area (Å²) >= 11 is 0. The molecule has 0 fully saturated rings. The Morgan fingerprint density at radius 2 is 1.75 bits per heavy atom. The predicted molar refractivity (Wildman–Crippen MR) is 95.4 cm³/mol. The third kappa shape index (κ3) is 1.86. The van der Waals surface area contributed by atoms with E-state index in [1.807, 2.05) is 30.3 Å². The molecule has 4 nitrogen and oxygen atoms in total. The lowest BCUT2D eigenvalue weighted by Gasteiger charge is -2.18. The van der Waals surface area contributed by atoms with Crippen molar-refractivity contribution in [3.8, 4) is 11.1 Å². The van der Waals surface area contributed by atoms with Crippen molar-refractivity contribution >= 4 is 34.2 Å². The maximum atomic E-state index is 12.8. The van der Waals surface area contributed by atoms with E-state index in [9.17, 15) is 9.59 Å². The number of carbonyl (C=O) groups is 1. The number of fused-ring (bicyclic) bond motifs is 2. The molecule has 24 heavy (non-hydrogen) atoms. The molecule has 0 aromatic heterocycles. The molecule has 4 rings (SSSR count). The van der Waals surface area contributed by atoms with E-state index >= 15 is 0 Å². The SMILES string of the molecule is C=c1[nH]c2cccc3c2-c(c1C(=O)OCC)c1ccccc1c3=O. The van der Waals surface area contributed by atoms with Crippen molar-refractivity contribution in [2.24, 2.45) is 0 Å². The summed E-state index contributed by atoms with van der Waals surface area (Å²) in [6.45, 7) is 6.03. The minimum Gasteiger partial charge on any atom is -0.462 e. The number of aromatic nitrogens is 1. The largest absolute Gasteiger partial charge is 0.462 e. The molecule has 4 heteroatoms. The monoisotopic (exact) mass is 317 g/mol. The van der Waals surface area contributed by atoms with E-state index in [1.165, 1.54) is 0 Å². The minimum absolute atomic E-state index is 0.0382. The molecule has 0 bridgehead atoms. The third-order valence-corrected chi connectivity index (χ3v) is 4.32. The Kier molecular flexibility index (Phi) is 3.13. The van der Waals surface area contributed by atoms with Gasteiger partial charge in [0.1, 0.15) is 0 Å². The third-order valence-electron chi connectivity index (χ3n) is 4.32. The standard InChI is InChI=1S/C20H15NO3/c1-3-24-20(23)16-11(2)21-15-10-6-9-14-17(15)18(16)12-7-4-5-8-13(12)19(14)22/h4-10,21H,2-3H2,1H3. The van der Waals surface area contributed by atoms with Crippen LogP contribution in [0.5, 0.6) is 0 Å². The average Bonchev–Trinajstić information content (AvgIpc) is 2.59. The lowest BCUT2D eigenvalue weighted by Crippen LogP contribution is -2.23. The molecule has 0 amide bonds. The molecule has 0 saturated carbocycles. The number of carbonyl (C=O) groups excluding carboxylic acids is 1.